The Morgan fingerprint density at radius 2 is 1.88 bits per heavy atom. The summed E-state index contributed by atoms with van der Waals surface area (Å²) >= 11 is 1.26. The summed E-state index contributed by atoms with van der Waals surface area (Å²) < 4.78 is 38.4. The van der Waals surface area contributed by atoms with E-state index in [1.807, 2.05) is 0 Å². The summed E-state index contributed by atoms with van der Waals surface area (Å²) in [4.78, 5) is 0.622. The van der Waals surface area contributed by atoms with Crippen LogP contribution in [-0.2, 0) is 6.18 Å². The topological polar surface area (TPSA) is 0 Å². The van der Waals surface area contributed by atoms with Crippen LogP contribution < -0.4 is 0 Å². The van der Waals surface area contributed by atoms with Crippen LogP contribution in [0, 0.1) is 12.3 Å². The molecule has 1 heterocycles. The second kappa shape index (κ2) is 4.27. The lowest BCUT2D eigenvalue weighted by molar-refractivity contribution is -0.137. The number of halogens is 3. The minimum atomic E-state index is -4.35. The maximum atomic E-state index is 12.8. The second-order valence-corrected chi connectivity index (χ2v) is 4.30. The van der Waals surface area contributed by atoms with E-state index in [4.69, 9.17) is 6.42 Å². The molecule has 0 saturated heterocycles. The van der Waals surface area contributed by atoms with Crippen LogP contribution in [0.4, 0.5) is 13.2 Å². The third-order valence-electron chi connectivity index (χ3n) is 2.29. The SMILES string of the molecule is C#Cc1cc(-c2ccccc2C(F)(F)F)cs1. The Balaban J connectivity index is 2.56. The Bertz CT molecular complexity index is 573. The summed E-state index contributed by atoms with van der Waals surface area (Å²) in [5, 5.41) is 1.64. The first kappa shape index (κ1) is 11.7. The molecule has 1 aromatic carbocycles. The van der Waals surface area contributed by atoms with Gasteiger partial charge in [0.25, 0.3) is 0 Å². The van der Waals surface area contributed by atoms with Gasteiger partial charge in [0.15, 0.2) is 0 Å². The summed E-state index contributed by atoms with van der Waals surface area (Å²) in [5.74, 6) is 2.41. The number of alkyl halides is 3. The average Bonchev–Trinajstić information content (AvgIpc) is 2.76. The van der Waals surface area contributed by atoms with Crippen molar-refractivity contribution in [1.82, 2.24) is 0 Å². The number of hydrogen-bond donors (Lipinski definition) is 0. The molecular weight excluding hydrogens is 245 g/mol. The van der Waals surface area contributed by atoms with Crippen molar-refractivity contribution >= 4 is 11.3 Å². The van der Waals surface area contributed by atoms with Crippen molar-refractivity contribution in [3.05, 3.63) is 46.2 Å². The van der Waals surface area contributed by atoms with Gasteiger partial charge in [0.2, 0.25) is 0 Å². The molecule has 2 rings (SSSR count). The quantitative estimate of drug-likeness (QED) is 0.659. The largest absolute Gasteiger partial charge is 0.417 e. The number of benzene rings is 1. The summed E-state index contributed by atoms with van der Waals surface area (Å²) in [6.45, 7) is 0. The standard InChI is InChI=1S/C13H7F3S/c1-2-10-7-9(8-17-10)11-5-3-4-6-12(11)13(14,15)16/h1,3-8H. The van der Waals surface area contributed by atoms with Crippen LogP contribution >= 0.6 is 11.3 Å². The van der Waals surface area contributed by atoms with Crippen LogP contribution in [-0.4, -0.2) is 0 Å². The van der Waals surface area contributed by atoms with E-state index in [9.17, 15) is 13.2 Å². The molecule has 0 unspecified atom stereocenters. The Labute approximate surface area is 101 Å². The zero-order chi connectivity index (χ0) is 12.5. The van der Waals surface area contributed by atoms with Gasteiger partial charge in [0.1, 0.15) is 0 Å². The monoisotopic (exact) mass is 252 g/mol. The maximum Gasteiger partial charge on any atom is 0.417 e. The van der Waals surface area contributed by atoms with E-state index >= 15 is 0 Å². The van der Waals surface area contributed by atoms with Crippen LogP contribution in [0.2, 0.25) is 0 Å². The second-order valence-electron chi connectivity index (χ2n) is 3.39. The highest BCUT2D eigenvalue weighted by Gasteiger charge is 2.33. The van der Waals surface area contributed by atoms with Gasteiger partial charge in [-0.3, -0.25) is 0 Å². The van der Waals surface area contributed by atoms with Crippen molar-refractivity contribution in [1.29, 1.82) is 0 Å². The normalized spacial score (nSPS) is 11.2. The predicted octanol–water partition coefficient (Wildman–Crippen LogP) is 4.42. The summed E-state index contributed by atoms with van der Waals surface area (Å²) in [6.07, 6.45) is 0.851. The lowest BCUT2D eigenvalue weighted by atomic mass is 10.0. The number of thiophene rings is 1. The molecule has 17 heavy (non-hydrogen) atoms. The van der Waals surface area contributed by atoms with E-state index in [0.29, 0.717) is 10.4 Å². The maximum absolute atomic E-state index is 12.8. The molecule has 0 bridgehead atoms. The van der Waals surface area contributed by atoms with Crippen molar-refractivity contribution in [2.75, 3.05) is 0 Å². The number of rotatable bonds is 1. The van der Waals surface area contributed by atoms with Crippen molar-refractivity contribution in [3.63, 3.8) is 0 Å². The molecule has 0 saturated carbocycles. The molecule has 0 N–H and O–H groups in total. The first-order valence-corrected chi connectivity index (χ1v) is 5.62. The first-order valence-electron chi connectivity index (χ1n) is 4.74. The zero-order valence-corrected chi connectivity index (χ0v) is 9.40. The number of hydrogen-bond acceptors (Lipinski definition) is 1. The molecule has 2 aromatic rings. The minimum Gasteiger partial charge on any atom is -0.166 e. The summed E-state index contributed by atoms with van der Waals surface area (Å²) in [7, 11) is 0. The van der Waals surface area contributed by atoms with Gasteiger partial charge in [-0.25, -0.2) is 0 Å². The highest BCUT2D eigenvalue weighted by atomic mass is 32.1. The Hall–Kier alpha value is -1.73. The van der Waals surface area contributed by atoms with E-state index in [1.54, 1.807) is 17.5 Å². The van der Waals surface area contributed by atoms with Crippen molar-refractivity contribution in [3.8, 4) is 23.5 Å². The molecule has 0 aliphatic heterocycles. The highest BCUT2D eigenvalue weighted by molar-refractivity contribution is 7.11. The van der Waals surface area contributed by atoms with Gasteiger partial charge in [-0.15, -0.1) is 17.8 Å². The molecular formula is C13H7F3S. The van der Waals surface area contributed by atoms with E-state index in [0.717, 1.165) is 6.07 Å². The van der Waals surface area contributed by atoms with Crippen molar-refractivity contribution in [2.24, 2.45) is 0 Å². The molecule has 86 valence electrons. The molecule has 0 nitrogen and oxygen atoms in total. The lowest BCUT2D eigenvalue weighted by Crippen LogP contribution is -2.06. The average molecular weight is 252 g/mol. The predicted molar refractivity (Wildman–Crippen MR) is 62.7 cm³/mol. The van der Waals surface area contributed by atoms with E-state index in [-0.39, 0.29) is 5.56 Å². The van der Waals surface area contributed by atoms with Crippen LogP contribution in [0.1, 0.15) is 10.4 Å². The number of terminal acetylenes is 1. The third-order valence-corrected chi connectivity index (χ3v) is 3.15. The molecule has 1 aromatic heterocycles. The Morgan fingerprint density at radius 3 is 2.47 bits per heavy atom. The van der Waals surface area contributed by atoms with Gasteiger partial charge < -0.3 is 0 Å². The van der Waals surface area contributed by atoms with Gasteiger partial charge in [-0.1, -0.05) is 24.1 Å². The van der Waals surface area contributed by atoms with Crippen LogP contribution in [0.25, 0.3) is 11.1 Å². The van der Waals surface area contributed by atoms with Crippen molar-refractivity contribution in [2.45, 2.75) is 6.18 Å². The van der Waals surface area contributed by atoms with Gasteiger partial charge in [-0.05, 0) is 28.6 Å². The van der Waals surface area contributed by atoms with Crippen molar-refractivity contribution < 1.29 is 13.2 Å². The van der Waals surface area contributed by atoms with E-state index < -0.39 is 11.7 Å². The van der Waals surface area contributed by atoms with Gasteiger partial charge in [-0.2, -0.15) is 13.2 Å². The molecule has 4 heteroatoms. The Morgan fingerprint density at radius 1 is 1.18 bits per heavy atom. The molecule has 0 atom stereocenters. The fourth-order valence-corrected chi connectivity index (χ4v) is 2.25. The molecule has 0 radical (unpaired) electrons. The molecule has 0 spiro atoms. The fourth-order valence-electron chi connectivity index (χ4n) is 1.54. The Kier molecular flexibility index (Phi) is 2.95. The highest BCUT2D eigenvalue weighted by Crippen LogP contribution is 2.38. The van der Waals surface area contributed by atoms with Crippen LogP contribution in [0.15, 0.2) is 35.7 Å². The third kappa shape index (κ3) is 2.34. The minimum absolute atomic E-state index is 0.165. The van der Waals surface area contributed by atoms with Gasteiger partial charge in [0.05, 0.1) is 10.4 Å². The molecule has 0 fully saturated rings. The zero-order valence-electron chi connectivity index (χ0n) is 8.58. The molecule has 0 amide bonds. The van der Waals surface area contributed by atoms with E-state index in [1.165, 1.54) is 23.5 Å². The molecule has 0 aliphatic carbocycles. The lowest BCUT2D eigenvalue weighted by Gasteiger charge is -2.11. The summed E-state index contributed by atoms with van der Waals surface area (Å²) in [6, 6.07) is 7.07. The van der Waals surface area contributed by atoms with Gasteiger partial charge in [0, 0.05) is 0 Å². The van der Waals surface area contributed by atoms with E-state index in [2.05, 4.69) is 5.92 Å². The fraction of sp³-hybridized carbons (Fsp3) is 0.0769. The van der Waals surface area contributed by atoms with Crippen LogP contribution in [0.5, 0.6) is 0 Å². The smallest absolute Gasteiger partial charge is 0.166 e. The van der Waals surface area contributed by atoms with Gasteiger partial charge >= 0.3 is 6.18 Å². The molecule has 0 aliphatic rings. The summed E-state index contributed by atoms with van der Waals surface area (Å²) in [5.41, 5.74) is 0.0370. The van der Waals surface area contributed by atoms with Crippen LogP contribution in [0.3, 0.4) is 0 Å². The first-order chi connectivity index (χ1) is 8.02.